The topological polar surface area (TPSA) is 51.8 Å². The van der Waals surface area contributed by atoms with Gasteiger partial charge in [-0.25, -0.2) is 9.37 Å². The molecule has 47 heavy (non-hydrogen) atoms. The van der Waals surface area contributed by atoms with Crippen molar-refractivity contribution in [2.24, 2.45) is 5.41 Å². The summed E-state index contributed by atoms with van der Waals surface area (Å²) in [6.07, 6.45) is 3.69. The van der Waals surface area contributed by atoms with E-state index in [0.29, 0.717) is 34.2 Å². The molecule has 0 aliphatic rings. The average molecular weight is 874 g/mol. The Morgan fingerprint density at radius 3 is 2.36 bits per heavy atom. The number of aromatic nitrogens is 3. The third-order valence-electron chi connectivity index (χ3n) is 7.55. The Bertz CT molecular complexity index is 2270. The molecule has 247 valence electrons. The predicted octanol–water partition coefficient (Wildman–Crippen LogP) is 10.4. The first-order chi connectivity index (χ1) is 24.3. The summed E-state index contributed by atoms with van der Waals surface area (Å²) < 4.78 is 74.9. The number of fused-ring (bicyclic) bond motifs is 3. The molecular weight excluding hydrogens is 822 g/mol. The first-order valence-corrected chi connectivity index (χ1v) is 22.6. The standard InChI is InChI=1S/C22H20FN2O.C18H24GeN.Ir/c1-13-8-9-16-15-6-5-7-17(20(15)26-21(16)25-13)19-10-14(11-22(2,3)4)18(23)12-24-19;1-13(2)16-11-18(15-9-7-14(3)8-10-15)20-12-17(16)19(4,5)6;/h5-6,8-10,12H,11H2,1-4H3;7-9,11-13H,1-6H3;/q2*-1;/i1D3;3D3,13D;. The van der Waals surface area contributed by atoms with Gasteiger partial charge in [0.15, 0.2) is 0 Å². The Balaban J connectivity index is 0.000000241. The number of pyridine rings is 3. The molecule has 6 aromatic rings. The molecule has 1 radical (unpaired) electrons. The van der Waals surface area contributed by atoms with Gasteiger partial charge in [0.25, 0.3) is 0 Å². The SMILES string of the molecule is [2H]C([2H])([2H])c1c[c-]c(-c2cc(C([2H])(C)C)[c]([Ge]([CH3])([CH3])[CH3])cn2)cc1.[2H]C([2H])([2H])c1ccc2c(n1)oc1c(-c3cc(CC(C)(C)C)c(F)cn3)[c-]ccc12.[Ir]. The first-order valence-electron chi connectivity index (χ1n) is 18.8. The maximum Gasteiger partial charge on any atom is 0.216 e. The zero-order chi connectivity index (χ0) is 39.3. The summed E-state index contributed by atoms with van der Waals surface area (Å²) in [6.45, 7) is 5.49. The predicted molar refractivity (Wildman–Crippen MR) is 192 cm³/mol. The number of rotatable bonds is 5. The van der Waals surface area contributed by atoms with Crippen LogP contribution < -0.4 is 4.40 Å². The number of hydrogen-bond donors (Lipinski definition) is 0. The molecule has 0 fully saturated rings. The summed E-state index contributed by atoms with van der Waals surface area (Å²) in [6, 6.07) is 21.5. The second-order valence-electron chi connectivity index (χ2n) is 14.0. The van der Waals surface area contributed by atoms with Gasteiger partial charge in [-0.1, -0.05) is 37.8 Å². The molecule has 0 N–H and O–H groups in total. The quantitative estimate of drug-likeness (QED) is 0.128. The number of aryl methyl sites for hydroxylation is 2. The summed E-state index contributed by atoms with van der Waals surface area (Å²) >= 11 is -2.14. The molecule has 7 heteroatoms. The van der Waals surface area contributed by atoms with Gasteiger partial charge in [0.2, 0.25) is 5.71 Å². The maximum atomic E-state index is 14.3. The van der Waals surface area contributed by atoms with Crippen LogP contribution in [0.15, 0.2) is 71.4 Å². The first kappa shape index (κ1) is 27.7. The molecule has 4 heterocycles. The maximum absolute atomic E-state index is 14.3. The third kappa shape index (κ3) is 8.65. The van der Waals surface area contributed by atoms with Crippen molar-refractivity contribution in [3.8, 4) is 22.5 Å². The Morgan fingerprint density at radius 2 is 1.72 bits per heavy atom. The van der Waals surface area contributed by atoms with Gasteiger partial charge in [0.1, 0.15) is 5.82 Å². The van der Waals surface area contributed by atoms with Crippen molar-refractivity contribution in [1.29, 1.82) is 0 Å². The van der Waals surface area contributed by atoms with E-state index >= 15 is 0 Å². The van der Waals surface area contributed by atoms with Crippen molar-refractivity contribution in [3.63, 3.8) is 0 Å². The van der Waals surface area contributed by atoms with E-state index in [1.165, 1.54) is 22.7 Å². The summed E-state index contributed by atoms with van der Waals surface area (Å²) in [5.74, 6) is 5.84. The van der Waals surface area contributed by atoms with Crippen LogP contribution in [0.5, 0.6) is 0 Å². The summed E-state index contributed by atoms with van der Waals surface area (Å²) in [7, 11) is 0. The van der Waals surface area contributed by atoms with E-state index < -0.39 is 32.9 Å². The van der Waals surface area contributed by atoms with Gasteiger partial charge in [-0.3, -0.25) is 0 Å². The van der Waals surface area contributed by atoms with E-state index in [1.807, 2.05) is 52.9 Å². The monoisotopic (exact) mass is 875 g/mol. The minimum atomic E-state index is -2.32. The Morgan fingerprint density at radius 1 is 0.957 bits per heavy atom. The van der Waals surface area contributed by atoms with E-state index in [9.17, 15) is 4.39 Å². The van der Waals surface area contributed by atoms with Crippen LogP contribution in [0, 0.1) is 37.1 Å². The number of nitrogens with zero attached hydrogens (tertiary/aromatic N) is 3. The summed E-state index contributed by atoms with van der Waals surface area (Å²) in [4.78, 5) is 13.0. The van der Waals surface area contributed by atoms with E-state index in [0.717, 1.165) is 22.2 Å². The molecular formula is C40H44FGeIrN3O-2. The molecule has 6 rings (SSSR count). The Hall–Kier alpha value is -3.19. The zero-order valence-electron chi connectivity index (χ0n) is 35.0. The minimum Gasteiger partial charge on any atom is -0.486 e. The van der Waals surface area contributed by atoms with Gasteiger partial charge in [-0.15, -0.1) is 18.2 Å². The van der Waals surface area contributed by atoms with Crippen LogP contribution in [0.25, 0.3) is 44.6 Å². The second-order valence-corrected chi connectivity index (χ2v) is 24.6. The third-order valence-corrected chi connectivity index (χ3v) is 11.8. The number of benzene rings is 2. The minimum absolute atomic E-state index is 0. The van der Waals surface area contributed by atoms with Crippen molar-refractivity contribution >= 4 is 39.7 Å². The van der Waals surface area contributed by atoms with E-state index in [2.05, 4.69) is 44.4 Å². The molecule has 0 aliphatic heterocycles. The van der Waals surface area contributed by atoms with Crippen molar-refractivity contribution in [3.05, 3.63) is 107 Å². The van der Waals surface area contributed by atoms with Crippen LogP contribution in [0.2, 0.25) is 17.3 Å². The Kier molecular flexibility index (Phi) is 8.56. The number of halogens is 1. The van der Waals surface area contributed by atoms with Crippen LogP contribution >= 0.6 is 0 Å². The molecule has 0 atom stereocenters. The fourth-order valence-corrected chi connectivity index (χ4v) is 8.65. The fraction of sp³-hybridized carbons (Fsp3) is 0.325. The van der Waals surface area contributed by atoms with Gasteiger partial charge >= 0.3 is 131 Å². The average Bonchev–Trinajstić information content (AvgIpc) is 3.42. The molecule has 4 nitrogen and oxygen atoms in total. The number of hydrogen-bond acceptors (Lipinski definition) is 4. The van der Waals surface area contributed by atoms with Crippen LogP contribution in [-0.2, 0) is 26.5 Å². The molecule has 2 aromatic carbocycles. The van der Waals surface area contributed by atoms with Crippen molar-refractivity contribution in [2.75, 3.05) is 0 Å². The number of furan rings is 1. The van der Waals surface area contributed by atoms with Crippen molar-refractivity contribution in [2.45, 2.75) is 77.9 Å². The van der Waals surface area contributed by atoms with Gasteiger partial charge in [0, 0.05) is 35.3 Å². The summed E-state index contributed by atoms with van der Waals surface area (Å²) in [5, 5.41) is 1.49. The fourth-order valence-electron chi connectivity index (χ4n) is 5.33. The zero-order valence-corrected chi connectivity index (χ0v) is 32.5. The smallest absolute Gasteiger partial charge is 0.216 e. The van der Waals surface area contributed by atoms with Crippen LogP contribution in [0.1, 0.15) is 72.5 Å². The van der Waals surface area contributed by atoms with Gasteiger partial charge < -0.3 is 9.40 Å². The van der Waals surface area contributed by atoms with Crippen LogP contribution in [0.3, 0.4) is 0 Å². The van der Waals surface area contributed by atoms with E-state index in [4.69, 9.17) is 14.0 Å². The largest absolute Gasteiger partial charge is 0.486 e. The summed E-state index contributed by atoms with van der Waals surface area (Å²) in [5.41, 5.74) is 5.11. The van der Waals surface area contributed by atoms with Gasteiger partial charge in [-0.2, -0.15) is 0 Å². The molecule has 0 aliphatic carbocycles. The van der Waals surface area contributed by atoms with Crippen LogP contribution in [-0.4, -0.2) is 28.2 Å². The molecule has 0 amide bonds. The van der Waals surface area contributed by atoms with Gasteiger partial charge in [-0.05, 0) is 42.1 Å². The molecule has 0 bridgehead atoms. The molecule has 0 saturated carbocycles. The van der Waals surface area contributed by atoms with Crippen LogP contribution in [0.4, 0.5) is 4.39 Å². The van der Waals surface area contributed by atoms with Crippen molar-refractivity contribution < 1.29 is 38.5 Å². The second kappa shape index (κ2) is 14.5. The molecule has 0 spiro atoms. The normalized spacial score (nSPS) is 14.8. The molecule has 0 unspecified atom stereocenters. The molecule has 0 saturated heterocycles. The van der Waals surface area contributed by atoms with E-state index in [-0.39, 0.29) is 48.3 Å². The van der Waals surface area contributed by atoms with E-state index in [1.54, 1.807) is 30.3 Å². The van der Waals surface area contributed by atoms with Crippen molar-refractivity contribution in [1.82, 2.24) is 15.0 Å². The van der Waals surface area contributed by atoms with Gasteiger partial charge in [0.05, 0.1) is 11.8 Å². The molecule has 4 aromatic heterocycles. The Labute approximate surface area is 305 Å².